The molecule has 5 heteroatoms. The lowest BCUT2D eigenvalue weighted by atomic mass is 9.93. The van der Waals surface area contributed by atoms with Crippen LogP contribution in [0, 0.1) is 5.41 Å². The number of nitrogens with zero attached hydrogens (tertiary/aromatic N) is 2. The summed E-state index contributed by atoms with van der Waals surface area (Å²) in [7, 11) is 1.86. The Morgan fingerprint density at radius 1 is 1.20 bits per heavy atom. The summed E-state index contributed by atoms with van der Waals surface area (Å²) in [6, 6.07) is 6.19. The second-order valence-electron chi connectivity index (χ2n) is 7.21. The number of aliphatic imine (C=N–C) groups is 1. The van der Waals surface area contributed by atoms with Crippen molar-refractivity contribution < 1.29 is 9.47 Å². The molecule has 0 aromatic heterocycles. The van der Waals surface area contributed by atoms with E-state index in [1.165, 1.54) is 12.0 Å². The maximum atomic E-state index is 5.71. The highest BCUT2D eigenvalue weighted by Crippen LogP contribution is 2.29. The Kier molecular flexibility index (Phi) is 6.97. The first-order valence-electron chi connectivity index (χ1n) is 9.33. The zero-order chi connectivity index (χ0) is 18.3. The van der Waals surface area contributed by atoms with Gasteiger partial charge in [-0.05, 0) is 49.8 Å². The fourth-order valence-electron chi connectivity index (χ4n) is 3.20. The van der Waals surface area contributed by atoms with Gasteiger partial charge in [-0.1, -0.05) is 19.9 Å². The van der Waals surface area contributed by atoms with Gasteiger partial charge in [-0.15, -0.1) is 0 Å². The minimum atomic E-state index is 0.374. The first kappa shape index (κ1) is 19.4. The standard InChI is InChI=1S/C20H33N3O2/c1-6-24-17-9-8-16(14-18(17)25-7-2)10-12-22-19(21-5)23-13-11-20(3,4)15-23/h8-9,14H,6-7,10-13,15H2,1-5H3,(H,21,22). The fraction of sp³-hybridized carbons (Fsp3) is 0.650. The highest BCUT2D eigenvalue weighted by Gasteiger charge is 2.30. The second-order valence-corrected chi connectivity index (χ2v) is 7.21. The van der Waals surface area contributed by atoms with Crippen LogP contribution in [0.2, 0.25) is 0 Å². The summed E-state index contributed by atoms with van der Waals surface area (Å²) in [6.07, 6.45) is 2.13. The quantitative estimate of drug-likeness (QED) is 0.607. The average molecular weight is 348 g/mol. The van der Waals surface area contributed by atoms with E-state index >= 15 is 0 Å². The minimum Gasteiger partial charge on any atom is -0.490 e. The Morgan fingerprint density at radius 3 is 2.52 bits per heavy atom. The molecule has 1 aliphatic rings. The Balaban J connectivity index is 1.91. The van der Waals surface area contributed by atoms with E-state index in [0.29, 0.717) is 18.6 Å². The van der Waals surface area contributed by atoms with E-state index in [4.69, 9.17) is 9.47 Å². The SMILES string of the molecule is CCOc1ccc(CCNC(=NC)N2CCC(C)(C)C2)cc1OCC. The molecule has 1 heterocycles. The van der Waals surface area contributed by atoms with E-state index < -0.39 is 0 Å². The molecule has 5 nitrogen and oxygen atoms in total. The van der Waals surface area contributed by atoms with E-state index in [-0.39, 0.29) is 0 Å². The molecule has 25 heavy (non-hydrogen) atoms. The van der Waals surface area contributed by atoms with E-state index in [9.17, 15) is 0 Å². The predicted molar refractivity (Wildman–Crippen MR) is 104 cm³/mol. The van der Waals surface area contributed by atoms with Gasteiger partial charge in [-0.2, -0.15) is 0 Å². The number of likely N-dealkylation sites (tertiary alicyclic amines) is 1. The molecule has 1 fully saturated rings. The van der Waals surface area contributed by atoms with Crippen molar-refractivity contribution >= 4 is 5.96 Å². The molecule has 140 valence electrons. The normalized spacial score (nSPS) is 16.8. The Bertz CT molecular complexity index is 584. The van der Waals surface area contributed by atoms with Crippen LogP contribution in [0.15, 0.2) is 23.2 Å². The van der Waals surface area contributed by atoms with Gasteiger partial charge in [-0.3, -0.25) is 4.99 Å². The molecule has 0 unspecified atom stereocenters. The lowest BCUT2D eigenvalue weighted by Gasteiger charge is -2.23. The summed E-state index contributed by atoms with van der Waals surface area (Å²) >= 11 is 0. The number of benzene rings is 1. The molecule has 0 bridgehead atoms. The molecule has 0 aliphatic carbocycles. The third kappa shape index (κ3) is 5.55. The Hall–Kier alpha value is -1.91. The van der Waals surface area contributed by atoms with Gasteiger partial charge >= 0.3 is 0 Å². The van der Waals surface area contributed by atoms with Crippen LogP contribution in [-0.2, 0) is 6.42 Å². The van der Waals surface area contributed by atoms with Crippen molar-refractivity contribution in [3.8, 4) is 11.5 Å². The molecule has 0 saturated carbocycles. The van der Waals surface area contributed by atoms with Gasteiger partial charge in [0.25, 0.3) is 0 Å². The Labute approximate surface area is 152 Å². The van der Waals surface area contributed by atoms with Crippen LogP contribution in [-0.4, -0.2) is 50.8 Å². The van der Waals surface area contributed by atoms with Gasteiger partial charge in [0, 0.05) is 26.7 Å². The average Bonchev–Trinajstić information content (AvgIpc) is 2.94. The topological polar surface area (TPSA) is 46.1 Å². The van der Waals surface area contributed by atoms with Crippen LogP contribution in [0.25, 0.3) is 0 Å². The smallest absolute Gasteiger partial charge is 0.193 e. The largest absolute Gasteiger partial charge is 0.490 e. The van der Waals surface area contributed by atoms with Crippen molar-refractivity contribution in [3.05, 3.63) is 23.8 Å². The minimum absolute atomic E-state index is 0.374. The number of hydrogen-bond acceptors (Lipinski definition) is 3. The number of ether oxygens (including phenoxy) is 2. The molecule has 0 spiro atoms. The monoisotopic (exact) mass is 347 g/mol. The molecule has 1 N–H and O–H groups in total. The molecule has 0 amide bonds. The molecule has 1 aromatic carbocycles. The van der Waals surface area contributed by atoms with E-state index in [0.717, 1.165) is 43.5 Å². The Morgan fingerprint density at radius 2 is 1.92 bits per heavy atom. The summed E-state index contributed by atoms with van der Waals surface area (Å²) in [6.45, 7) is 12.9. The summed E-state index contributed by atoms with van der Waals surface area (Å²) < 4.78 is 11.3. The zero-order valence-electron chi connectivity index (χ0n) is 16.4. The first-order valence-corrected chi connectivity index (χ1v) is 9.33. The second kappa shape index (κ2) is 8.97. The fourth-order valence-corrected chi connectivity index (χ4v) is 3.20. The maximum Gasteiger partial charge on any atom is 0.193 e. The summed E-state index contributed by atoms with van der Waals surface area (Å²) in [4.78, 5) is 6.79. The van der Waals surface area contributed by atoms with Crippen molar-refractivity contribution in [1.82, 2.24) is 10.2 Å². The molecule has 1 aliphatic heterocycles. The van der Waals surface area contributed by atoms with Gasteiger partial charge in [0.2, 0.25) is 0 Å². The van der Waals surface area contributed by atoms with Crippen LogP contribution in [0.1, 0.15) is 39.7 Å². The highest BCUT2D eigenvalue weighted by molar-refractivity contribution is 5.80. The van der Waals surface area contributed by atoms with Crippen LogP contribution in [0.4, 0.5) is 0 Å². The lowest BCUT2D eigenvalue weighted by molar-refractivity contribution is 0.287. The van der Waals surface area contributed by atoms with Crippen molar-refractivity contribution in [1.29, 1.82) is 0 Å². The van der Waals surface area contributed by atoms with Crippen LogP contribution >= 0.6 is 0 Å². The molecule has 2 rings (SSSR count). The molecule has 0 radical (unpaired) electrons. The highest BCUT2D eigenvalue weighted by atomic mass is 16.5. The van der Waals surface area contributed by atoms with E-state index in [1.807, 2.05) is 27.0 Å². The lowest BCUT2D eigenvalue weighted by Crippen LogP contribution is -2.41. The van der Waals surface area contributed by atoms with Gasteiger partial charge in [0.05, 0.1) is 13.2 Å². The van der Waals surface area contributed by atoms with Crippen molar-refractivity contribution in [2.24, 2.45) is 10.4 Å². The van der Waals surface area contributed by atoms with Gasteiger partial charge in [0.1, 0.15) is 0 Å². The van der Waals surface area contributed by atoms with E-state index in [1.54, 1.807) is 0 Å². The first-order chi connectivity index (χ1) is 12.0. The van der Waals surface area contributed by atoms with Gasteiger partial charge in [0.15, 0.2) is 17.5 Å². The number of guanidine groups is 1. The summed E-state index contributed by atoms with van der Waals surface area (Å²) in [5, 5.41) is 3.49. The van der Waals surface area contributed by atoms with E-state index in [2.05, 4.69) is 41.2 Å². The summed E-state index contributed by atoms with van der Waals surface area (Å²) in [5.41, 5.74) is 1.61. The number of rotatable bonds is 7. The third-order valence-electron chi connectivity index (χ3n) is 4.49. The van der Waals surface area contributed by atoms with Crippen molar-refractivity contribution in [3.63, 3.8) is 0 Å². The third-order valence-corrected chi connectivity index (χ3v) is 4.49. The summed E-state index contributed by atoms with van der Waals surface area (Å²) in [5.74, 6) is 2.64. The predicted octanol–water partition coefficient (Wildman–Crippen LogP) is 3.33. The van der Waals surface area contributed by atoms with Crippen molar-refractivity contribution in [2.45, 2.75) is 40.5 Å². The van der Waals surface area contributed by atoms with Crippen LogP contribution in [0.3, 0.4) is 0 Å². The number of nitrogens with one attached hydrogen (secondary N) is 1. The zero-order valence-corrected chi connectivity index (χ0v) is 16.4. The molecule has 1 saturated heterocycles. The molecule has 0 atom stereocenters. The molecule has 1 aromatic rings. The van der Waals surface area contributed by atoms with Crippen LogP contribution in [0.5, 0.6) is 11.5 Å². The molecular weight excluding hydrogens is 314 g/mol. The van der Waals surface area contributed by atoms with Crippen LogP contribution < -0.4 is 14.8 Å². The number of hydrogen-bond donors (Lipinski definition) is 1. The van der Waals surface area contributed by atoms with Crippen molar-refractivity contribution in [2.75, 3.05) is 39.9 Å². The molecular formula is C20H33N3O2. The van der Waals surface area contributed by atoms with Gasteiger partial charge < -0.3 is 19.7 Å². The van der Waals surface area contributed by atoms with Gasteiger partial charge in [-0.25, -0.2) is 0 Å². The maximum absolute atomic E-state index is 5.71.